The molecule has 7 heteroatoms. The molecular formula is C18H27N5O2. The number of aliphatic imine (C=N–C) groups is 1. The molecule has 7 nitrogen and oxygen atoms in total. The van der Waals surface area contributed by atoms with Gasteiger partial charge in [-0.25, -0.2) is 4.99 Å². The summed E-state index contributed by atoms with van der Waals surface area (Å²) in [5.41, 5.74) is 1.98. The lowest BCUT2D eigenvalue weighted by Gasteiger charge is -2.26. The van der Waals surface area contributed by atoms with Crippen LogP contribution in [0, 0.1) is 0 Å². The van der Waals surface area contributed by atoms with Gasteiger partial charge in [0.25, 0.3) is 0 Å². The molecule has 0 bridgehead atoms. The maximum atomic E-state index is 11.9. The van der Waals surface area contributed by atoms with E-state index in [1.807, 2.05) is 38.1 Å². The lowest BCUT2D eigenvalue weighted by atomic mass is 9.90. The second kappa shape index (κ2) is 9.66. The molecule has 0 saturated heterocycles. The van der Waals surface area contributed by atoms with Crippen molar-refractivity contribution < 1.29 is 9.59 Å². The summed E-state index contributed by atoms with van der Waals surface area (Å²) < 4.78 is 0. The first kappa shape index (κ1) is 18.8. The van der Waals surface area contributed by atoms with E-state index < -0.39 is 0 Å². The third kappa shape index (κ3) is 5.77. The lowest BCUT2D eigenvalue weighted by Crippen LogP contribution is -2.41. The van der Waals surface area contributed by atoms with Crippen LogP contribution in [-0.4, -0.2) is 44.0 Å². The molecule has 4 N–H and O–H groups in total. The zero-order valence-electron chi connectivity index (χ0n) is 14.9. The van der Waals surface area contributed by atoms with E-state index in [2.05, 4.69) is 26.3 Å². The quantitative estimate of drug-likeness (QED) is 0.441. The molecule has 0 radical (unpaired) electrons. The predicted octanol–water partition coefficient (Wildman–Crippen LogP) is 1.19. The second-order valence-electron chi connectivity index (χ2n) is 5.96. The lowest BCUT2D eigenvalue weighted by molar-refractivity contribution is -0.119. The van der Waals surface area contributed by atoms with Crippen LogP contribution < -0.4 is 21.3 Å². The Morgan fingerprint density at radius 3 is 2.80 bits per heavy atom. The van der Waals surface area contributed by atoms with E-state index in [1.54, 1.807) is 0 Å². The van der Waals surface area contributed by atoms with Gasteiger partial charge in [-0.05, 0) is 25.0 Å². The molecule has 1 atom stereocenters. The van der Waals surface area contributed by atoms with Gasteiger partial charge in [0, 0.05) is 37.7 Å². The number of anilines is 1. The van der Waals surface area contributed by atoms with E-state index in [1.165, 1.54) is 0 Å². The first-order chi connectivity index (χ1) is 12.1. The minimum Gasteiger partial charge on any atom is -0.357 e. The summed E-state index contributed by atoms with van der Waals surface area (Å²) in [6.07, 6.45) is 1.33. The van der Waals surface area contributed by atoms with Crippen LogP contribution in [0.3, 0.4) is 0 Å². The van der Waals surface area contributed by atoms with Crippen LogP contribution in [0.15, 0.2) is 29.3 Å². The molecule has 1 aliphatic heterocycles. The van der Waals surface area contributed by atoms with Crippen molar-refractivity contribution in [2.45, 2.75) is 32.6 Å². The minimum atomic E-state index is -0.0959. The maximum absolute atomic E-state index is 11.9. The van der Waals surface area contributed by atoms with E-state index in [-0.39, 0.29) is 24.3 Å². The summed E-state index contributed by atoms with van der Waals surface area (Å²) in [6, 6.07) is 7.83. The summed E-state index contributed by atoms with van der Waals surface area (Å²) in [7, 11) is 0. The molecule has 0 fully saturated rings. The molecule has 0 aromatic heterocycles. The van der Waals surface area contributed by atoms with Gasteiger partial charge in [-0.1, -0.05) is 25.1 Å². The fraction of sp³-hybridized carbons (Fsp3) is 0.500. The van der Waals surface area contributed by atoms with Crippen molar-refractivity contribution in [3.63, 3.8) is 0 Å². The van der Waals surface area contributed by atoms with Crippen molar-refractivity contribution in [3.8, 4) is 0 Å². The Morgan fingerprint density at radius 1 is 1.24 bits per heavy atom. The molecule has 1 aliphatic rings. The van der Waals surface area contributed by atoms with Gasteiger partial charge in [-0.2, -0.15) is 0 Å². The van der Waals surface area contributed by atoms with Crippen LogP contribution in [0.4, 0.5) is 5.69 Å². The number of hydrogen-bond donors (Lipinski definition) is 4. The highest BCUT2D eigenvalue weighted by Crippen LogP contribution is 2.31. The summed E-state index contributed by atoms with van der Waals surface area (Å²) in [6.45, 7) is 5.99. The Balaban J connectivity index is 1.96. The summed E-state index contributed by atoms with van der Waals surface area (Å²) in [5.74, 6) is 0.577. The van der Waals surface area contributed by atoms with Gasteiger partial charge in [0.05, 0.1) is 0 Å². The van der Waals surface area contributed by atoms with Gasteiger partial charge in [-0.3, -0.25) is 9.59 Å². The molecule has 1 unspecified atom stereocenters. The molecule has 1 heterocycles. The number of hydrogen-bond acceptors (Lipinski definition) is 3. The fourth-order valence-corrected chi connectivity index (χ4v) is 2.72. The minimum absolute atomic E-state index is 0.0198. The topological polar surface area (TPSA) is 94.6 Å². The highest BCUT2D eigenvalue weighted by atomic mass is 16.2. The number of amides is 2. The van der Waals surface area contributed by atoms with Crippen LogP contribution in [-0.2, 0) is 9.59 Å². The molecular weight excluding hydrogens is 318 g/mol. The van der Waals surface area contributed by atoms with Crippen LogP contribution in [0.2, 0.25) is 0 Å². The average Bonchev–Trinajstić information content (AvgIpc) is 2.61. The van der Waals surface area contributed by atoms with Crippen LogP contribution in [0.5, 0.6) is 0 Å². The molecule has 1 aromatic carbocycles. The molecule has 2 rings (SSSR count). The highest BCUT2D eigenvalue weighted by molar-refractivity contribution is 5.94. The van der Waals surface area contributed by atoms with Crippen molar-refractivity contribution in [3.05, 3.63) is 29.8 Å². The smallest absolute Gasteiger partial charge is 0.241 e. The van der Waals surface area contributed by atoms with Crippen molar-refractivity contribution in [2.24, 2.45) is 4.99 Å². The SMILES string of the molecule is CCCNC(=O)CN=C(NCC)NCC1CC(=O)Nc2ccccc21. The fourth-order valence-electron chi connectivity index (χ4n) is 2.72. The normalized spacial score (nSPS) is 16.6. The van der Waals surface area contributed by atoms with Gasteiger partial charge < -0.3 is 21.3 Å². The first-order valence-electron chi connectivity index (χ1n) is 8.81. The Hall–Kier alpha value is -2.57. The number of para-hydroxylation sites is 1. The van der Waals surface area contributed by atoms with Gasteiger partial charge in [-0.15, -0.1) is 0 Å². The van der Waals surface area contributed by atoms with Crippen LogP contribution in [0.1, 0.15) is 38.2 Å². The molecule has 25 heavy (non-hydrogen) atoms. The standard InChI is InChI=1S/C18H27N5O2/c1-3-9-20-17(25)12-22-18(19-4-2)21-11-13-10-16(24)23-15-8-6-5-7-14(13)15/h5-8,13H,3-4,9-12H2,1-2H3,(H,20,25)(H,23,24)(H2,19,21,22). The largest absolute Gasteiger partial charge is 0.357 e. The number of rotatable bonds is 7. The van der Waals surface area contributed by atoms with Gasteiger partial charge in [0.1, 0.15) is 6.54 Å². The summed E-state index contributed by atoms with van der Waals surface area (Å²) in [5, 5.41) is 12.1. The molecule has 0 spiro atoms. The van der Waals surface area contributed by atoms with Crippen molar-refractivity contribution in [1.82, 2.24) is 16.0 Å². The molecule has 0 aliphatic carbocycles. The predicted molar refractivity (Wildman–Crippen MR) is 99.7 cm³/mol. The summed E-state index contributed by atoms with van der Waals surface area (Å²) in [4.78, 5) is 27.9. The molecule has 136 valence electrons. The summed E-state index contributed by atoms with van der Waals surface area (Å²) >= 11 is 0. The molecule has 2 amide bonds. The van der Waals surface area contributed by atoms with Gasteiger partial charge in [0.2, 0.25) is 11.8 Å². The number of benzene rings is 1. The number of fused-ring (bicyclic) bond motifs is 1. The monoisotopic (exact) mass is 345 g/mol. The van der Waals surface area contributed by atoms with Crippen LogP contribution in [0.25, 0.3) is 0 Å². The number of nitrogens with one attached hydrogen (secondary N) is 4. The Bertz CT molecular complexity index is 630. The second-order valence-corrected chi connectivity index (χ2v) is 5.96. The van der Waals surface area contributed by atoms with E-state index in [4.69, 9.17) is 0 Å². The molecule has 1 aromatic rings. The average molecular weight is 345 g/mol. The first-order valence-corrected chi connectivity index (χ1v) is 8.81. The van der Waals surface area contributed by atoms with E-state index >= 15 is 0 Å². The van der Waals surface area contributed by atoms with Gasteiger partial charge >= 0.3 is 0 Å². The maximum Gasteiger partial charge on any atom is 0.241 e. The number of carbonyl (C=O) groups is 2. The van der Waals surface area contributed by atoms with Gasteiger partial charge in [0.15, 0.2) is 5.96 Å². The van der Waals surface area contributed by atoms with Crippen molar-refractivity contribution in [2.75, 3.05) is 31.5 Å². The van der Waals surface area contributed by atoms with Crippen LogP contribution >= 0.6 is 0 Å². The van der Waals surface area contributed by atoms with E-state index in [0.717, 1.165) is 17.7 Å². The number of guanidine groups is 1. The number of nitrogens with zero attached hydrogens (tertiary/aromatic N) is 1. The van der Waals surface area contributed by atoms with Crippen molar-refractivity contribution in [1.29, 1.82) is 0 Å². The zero-order valence-corrected chi connectivity index (χ0v) is 14.9. The van der Waals surface area contributed by atoms with E-state index in [0.29, 0.717) is 32.0 Å². The third-order valence-corrected chi connectivity index (χ3v) is 3.92. The Kier molecular flexibility index (Phi) is 7.25. The van der Waals surface area contributed by atoms with E-state index in [9.17, 15) is 9.59 Å². The third-order valence-electron chi connectivity index (χ3n) is 3.92. The Labute approximate surface area is 148 Å². The number of carbonyl (C=O) groups excluding carboxylic acids is 2. The Morgan fingerprint density at radius 2 is 2.04 bits per heavy atom. The van der Waals surface area contributed by atoms with Crippen molar-refractivity contribution >= 4 is 23.5 Å². The molecule has 0 saturated carbocycles. The zero-order chi connectivity index (χ0) is 18.1. The highest BCUT2D eigenvalue weighted by Gasteiger charge is 2.24.